The summed E-state index contributed by atoms with van der Waals surface area (Å²) < 4.78 is 33.4. The number of aromatic nitrogens is 3. The number of nitrogens with zero attached hydrogens (tertiary/aromatic N) is 3. The predicted octanol–water partition coefficient (Wildman–Crippen LogP) is 6.11. The fraction of sp³-hybridized carbons (Fsp3) is 0.345. The maximum Gasteiger partial charge on any atom is 0.256 e. The van der Waals surface area contributed by atoms with Crippen LogP contribution >= 0.6 is 0 Å². The molecule has 2 aromatic heterocycles. The van der Waals surface area contributed by atoms with Crippen LogP contribution in [0.3, 0.4) is 0 Å². The predicted molar refractivity (Wildman–Crippen MR) is 147 cm³/mol. The van der Waals surface area contributed by atoms with Crippen molar-refractivity contribution in [2.75, 3.05) is 19.5 Å². The molecule has 1 fully saturated rings. The number of nitrogens with one attached hydrogen (secondary N) is 2. The van der Waals surface area contributed by atoms with Crippen molar-refractivity contribution in [2.24, 2.45) is 7.05 Å². The topological polar surface area (TPSA) is 99.5 Å². The second-order valence-electron chi connectivity index (χ2n) is 9.63. The summed E-state index contributed by atoms with van der Waals surface area (Å²) in [5.41, 5.74) is 1.47. The molecule has 0 saturated heterocycles. The Morgan fingerprint density at radius 3 is 2.44 bits per heavy atom. The number of fused-ring (bicyclic) bond motifs is 1. The van der Waals surface area contributed by atoms with Gasteiger partial charge in [-0.3, -0.25) is 14.5 Å². The molecule has 5 rings (SSSR count). The zero-order chi connectivity index (χ0) is 27.4. The first kappa shape index (κ1) is 26.3. The molecule has 1 aliphatic rings. The van der Waals surface area contributed by atoms with Crippen molar-refractivity contribution in [2.45, 2.75) is 44.6 Å². The molecule has 10 heteroatoms. The Morgan fingerprint density at radius 2 is 1.72 bits per heavy atom. The number of carbonyl (C=O) groups excluding carboxylic acids is 1. The van der Waals surface area contributed by atoms with Gasteiger partial charge in [0, 0.05) is 48.7 Å². The van der Waals surface area contributed by atoms with Crippen LogP contribution in [0.2, 0.25) is 0 Å². The first-order valence-corrected chi connectivity index (χ1v) is 13.0. The number of methoxy groups -OCH3 is 2. The van der Waals surface area contributed by atoms with E-state index in [2.05, 4.69) is 20.7 Å². The van der Waals surface area contributed by atoms with E-state index >= 15 is 4.39 Å². The Morgan fingerprint density at radius 1 is 0.974 bits per heavy atom. The molecule has 1 aliphatic carbocycles. The molecule has 2 heterocycles. The van der Waals surface area contributed by atoms with Gasteiger partial charge in [-0.2, -0.15) is 5.10 Å². The van der Waals surface area contributed by atoms with Crippen LogP contribution in [0.1, 0.15) is 48.9 Å². The maximum absolute atomic E-state index is 15.2. The molecule has 0 unspecified atom stereocenters. The van der Waals surface area contributed by atoms with Gasteiger partial charge >= 0.3 is 0 Å². The van der Waals surface area contributed by atoms with Crippen molar-refractivity contribution in [3.05, 3.63) is 60.2 Å². The summed E-state index contributed by atoms with van der Waals surface area (Å²) in [6, 6.07) is 9.81. The standard InChI is InChI=1S/C29H32FN5O4/c1-35-17-21(29(36)33-18-8-6-4-5-7-9-18)28(34-35)32-19-10-11-25(22(30)14-19)39-24-12-13-31-23-16-27(38-3)26(37-2)15-20(23)24/h10-18H,4-9H2,1-3H3,(H,32,34)(H,33,36). The molecule has 0 radical (unpaired) electrons. The van der Waals surface area contributed by atoms with Gasteiger partial charge in [0.25, 0.3) is 5.91 Å². The Labute approximate surface area is 226 Å². The number of hydrogen-bond acceptors (Lipinski definition) is 7. The van der Waals surface area contributed by atoms with E-state index < -0.39 is 5.82 Å². The van der Waals surface area contributed by atoms with Crippen molar-refractivity contribution in [3.63, 3.8) is 0 Å². The number of carbonyl (C=O) groups is 1. The molecule has 4 aromatic rings. The Hall–Kier alpha value is -4.34. The Kier molecular flexibility index (Phi) is 7.81. The van der Waals surface area contributed by atoms with Crippen molar-refractivity contribution in [1.29, 1.82) is 0 Å². The lowest BCUT2D eigenvalue weighted by atomic mass is 10.1. The maximum atomic E-state index is 15.2. The van der Waals surface area contributed by atoms with Crippen molar-refractivity contribution < 1.29 is 23.4 Å². The van der Waals surface area contributed by atoms with Crippen LogP contribution in [0.25, 0.3) is 10.9 Å². The number of benzene rings is 2. The summed E-state index contributed by atoms with van der Waals surface area (Å²) in [6.07, 6.45) is 9.86. The average molecular weight is 534 g/mol. The quantitative estimate of drug-likeness (QED) is 0.264. The lowest BCUT2D eigenvalue weighted by molar-refractivity contribution is 0.0934. The van der Waals surface area contributed by atoms with Gasteiger partial charge in [-0.05, 0) is 37.1 Å². The third-order valence-corrected chi connectivity index (χ3v) is 6.89. The molecule has 0 bridgehead atoms. The van der Waals surface area contributed by atoms with E-state index in [1.54, 1.807) is 62.6 Å². The molecule has 0 aliphatic heterocycles. The Bertz CT molecular complexity index is 1480. The van der Waals surface area contributed by atoms with Crippen LogP contribution in [0.4, 0.5) is 15.9 Å². The molecule has 2 aromatic carbocycles. The minimum absolute atomic E-state index is 0.0372. The molecule has 9 nitrogen and oxygen atoms in total. The molecule has 204 valence electrons. The van der Waals surface area contributed by atoms with E-state index in [0.717, 1.165) is 25.7 Å². The number of ether oxygens (including phenoxy) is 3. The molecule has 2 N–H and O–H groups in total. The second kappa shape index (κ2) is 11.6. The van der Waals surface area contributed by atoms with Gasteiger partial charge < -0.3 is 24.8 Å². The summed E-state index contributed by atoms with van der Waals surface area (Å²) in [4.78, 5) is 17.4. The van der Waals surface area contributed by atoms with Crippen molar-refractivity contribution in [3.8, 4) is 23.0 Å². The number of aryl methyl sites for hydroxylation is 1. The summed E-state index contributed by atoms with van der Waals surface area (Å²) in [5, 5.41) is 11.3. The number of pyridine rings is 1. The molecular formula is C29H32FN5O4. The van der Waals surface area contributed by atoms with E-state index in [1.165, 1.54) is 25.0 Å². The molecule has 0 spiro atoms. The highest BCUT2D eigenvalue weighted by atomic mass is 19.1. The van der Waals surface area contributed by atoms with Gasteiger partial charge in [0.2, 0.25) is 0 Å². The monoisotopic (exact) mass is 533 g/mol. The molecule has 1 saturated carbocycles. The van der Waals surface area contributed by atoms with Gasteiger partial charge in [0.05, 0.1) is 19.7 Å². The summed E-state index contributed by atoms with van der Waals surface area (Å²) in [6.45, 7) is 0. The van der Waals surface area contributed by atoms with Crippen molar-refractivity contribution in [1.82, 2.24) is 20.1 Å². The minimum atomic E-state index is -0.578. The highest BCUT2D eigenvalue weighted by Crippen LogP contribution is 2.37. The highest BCUT2D eigenvalue weighted by Gasteiger charge is 2.21. The normalized spacial score (nSPS) is 14.1. The smallest absolute Gasteiger partial charge is 0.256 e. The molecule has 0 atom stereocenters. The minimum Gasteiger partial charge on any atom is -0.493 e. The third kappa shape index (κ3) is 5.89. The number of anilines is 2. The van der Waals surface area contributed by atoms with Crippen LogP contribution in [0.15, 0.2) is 48.8 Å². The highest BCUT2D eigenvalue weighted by molar-refractivity contribution is 5.99. The summed E-state index contributed by atoms with van der Waals surface area (Å²) >= 11 is 0. The van der Waals surface area contributed by atoms with Gasteiger partial charge in [-0.25, -0.2) is 4.39 Å². The van der Waals surface area contributed by atoms with Crippen LogP contribution in [-0.2, 0) is 7.05 Å². The van der Waals surface area contributed by atoms with Crippen LogP contribution in [0, 0.1) is 5.82 Å². The average Bonchev–Trinajstić information content (AvgIpc) is 3.12. The van der Waals surface area contributed by atoms with E-state index in [4.69, 9.17) is 14.2 Å². The van der Waals surface area contributed by atoms with Gasteiger partial charge in [-0.15, -0.1) is 0 Å². The fourth-order valence-electron chi connectivity index (χ4n) is 4.89. The summed E-state index contributed by atoms with van der Waals surface area (Å²) in [7, 11) is 4.84. The van der Waals surface area contributed by atoms with Gasteiger partial charge in [-0.1, -0.05) is 25.7 Å². The number of amides is 1. The zero-order valence-electron chi connectivity index (χ0n) is 22.3. The number of halogens is 1. The first-order valence-electron chi connectivity index (χ1n) is 13.0. The van der Waals surface area contributed by atoms with Crippen molar-refractivity contribution >= 4 is 28.3 Å². The first-order chi connectivity index (χ1) is 18.9. The molecule has 39 heavy (non-hydrogen) atoms. The van der Waals surface area contributed by atoms with Crippen LogP contribution in [0.5, 0.6) is 23.0 Å². The molecular weight excluding hydrogens is 501 g/mol. The van der Waals surface area contributed by atoms with Gasteiger partial charge in [0.1, 0.15) is 11.3 Å². The summed E-state index contributed by atoms with van der Waals surface area (Å²) in [5.74, 6) is 1.10. The largest absolute Gasteiger partial charge is 0.493 e. The Balaban J connectivity index is 1.34. The zero-order valence-corrected chi connectivity index (χ0v) is 22.3. The van der Waals surface area contributed by atoms with Gasteiger partial charge in [0.15, 0.2) is 28.9 Å². The van der Waals surface area contributed by atoms with E-state index in [9.17, 15) is 4.79 Å². The SMILES string of the molecule is COc1cc2nccc(Oc3ccc(Nc4nn(C)cc4C(=O)NC4CCCCCC4)cc3F)c2cc1OC. The third-order valence-electron chi connectivity index (χ3n) is 6.89. The van der Waals surface area contributed by atoms with E-state index in [-0.39, 0.29) is 17.7 Å². The van der Waals surface area contributed by atoms with Crippen LogP contribution < -0.4 is 24.8 Å². The second-order valence-corrected chi connectivity index (χ2v) is 9.63. The van der Waals surface area contributed by atoms with Crippen LogP contribution in [-0.4, -0.2) is 40.9 Å². The van der Waals surface area contributed by atoms with E-state index in [1.807, 2.05) is 0 Å². The lowest BCUT2D eigenvalue weighted by Crippen LogP contribution is -2.34. The number of hydrogen-bond donors (Lipinski definition) is 2. The fourth-order valence-corrected chi connectivity index (χ4v) is 4.89. The number of rotatable bonds is 8. The van der Waals surface area contributed by atoms with E-state index in [0.29, 0.717) is 45.2 Å². The lowest BCUT2D eigenvalue weighted by Gasteiger charge is -2.16. The molecule has 1 amide bonds.